The van der Waals surface area contributed by atoms with Crippen molar-refractivity contribution in [2.45, 2.75) is 32.7 Å². The van der Waals surface area contributed by atoms with Crippen molar-refractivity contribution in [1.82, 2.24) is 15.1 Å². The number of rotatable bonds is 6. The standard InChI is InChI=1S/C16H21Cl2N3/c1-4-9-19-15(12-5-7-13(17)8-6-12)10-14-11(2)20-21(3)16(14)18/h5-8,15,19H,4,9-10H2,1-3H3. The summed E-state index contributed by atoms with van der Waals surface area (Å²) in [5.74, 6) is 0. The van der Waals surface area contributed by atoms with Crippen LogP contribution in [0.25, 0.3) is 0 Å². The molecule has 0 saturated carbocycles. The number of benzene rings is 1. The van der Waals surface area contributed by atoms with Crippen molar-refractivity contribution in [2.75, 3.05) is 6.54 Å². The van der Waals surface area contributed by atoms with Crippen LogP contribution in [-0.4, -0.2) is 16.3 Å². The Labute approximate surface area is 136 Å². The predicted octanol–water partition coefficient (Wildman–Crippen LogP) is 4.32. The zero-order valence-corrected chi connectivity index (χ0v) is 14.2. The first-order chi connectivity index (χ1) is 10.0. The lowest BCUT2D eigenvalue weighted by atomic mass is 9.99. The van der Waals surface area contributed by atoms with Crippen molar-refractivity contribution in [1.29, 1.82) is 0 Å². The van der Waals surface area contributed by atoms with E-state index in [-0.39, 0.29) is 6.04 Å². The van der Waals surface area contributed by atoms with E-state index in [2.05, 4.69) is 29.5 Å². The second kappa shape index (κ2) is 7.30. The van der Waals surface area contributed by atoms with Gasteiger partial charge in [0.2, 0.25) is 0 Å². The first-order valence-electron chi connectivity index (χ1n) is 7.19. The Balaban J connectivity index is 2.25. The van der Waals surface area contributed by atoms with Crippen molar-refractivity contribution >= 4 is 23.2 Å². The van der Waals surface area contributed by atoms with Gasteiger partial charge in [0.15, 0.2) is 0 Å². The molecule has 0 fully saturated rings. The van der Waals surface area contributed by atoms with Gasteiger partial charge >= 0.3 is 0 Å². The van der Waals surface area contributed by atoms with Crippen molar-refractivity contribution in [3.63, 3.8) is 0 Å². The van der Waals surface area contributed by atoms with E-state index in [1.54, 1.807) is 4.68 Å². The van der Waals surface area contributed by atoms with Crippen molar-refractivity contribution in [2.24, 2.45) is 7.05 Å². The summed E-state index contributed by atoms with van der Waals surface area (Å²) in [5.41, 5.74) is 3.30. The molecule has 0 aliphatic heterocycles. The van der Waals surface area contributed by atoms with E-state index in [0.29, 0.717) is 5.15 Å². The van der Waals surface area contributed by atoms with Gasteiger partial charge in [-0.2, -0.15) is 5.10 Å². The number of hydrogen-bond donors (Lipinski definition) is 1. The summed E-state index contributed by atoms with van der Waals surface area (Å²) in [6.07, 6.45) is 1.91. The number of halogens is 2. The van der Waals surface area contributed by atoms with Crippen LogP contribution in [0.4, 0.5) is 0 Å². The van der Waals surface area contributed by atoms with Gasteiger partial charge in [0.1, 0.15) is 5.15 Å². The van der Waals surface area contributed by atoms with E-state index in [4.69, 9.17) is 23.2 Å². The lowest BCUT2D eigenvalue weighted by Crippen LogP contribution is -2.24. The molecule has 2 rings (SSSR count). The largest absolute Gasteiger partial charge is 0.310 e. The monoisotopic (exact) mass is 325 g/mol. The maximum absolute atomic E-state index is 6.36. The molecule has 1 heterocycles. The molecular formula is C16H21Cl2N3. The summed E-state index contributed by atoms with van der Waals surface area (Å²) in [6.45, 7) is 5.12. The molecule has 0 bridgehead atoms. The highest BCUT2D eigenvalue weighted by molar-refractivity contribution is 6.30. The molecule has 114 valence electrons. The van der Waals surface area contributed by atoms with E-state index in [9.17, 15) is 0 Å². The molecule has 0 spiro atoms. The fourth-order valence-electron chi connectivity index (χ4n) is 2.43. The zero-order valence-electron chi connectivity index (χ0n) is 12.7. The third-order valence-electron chi connectivity index (χ3n) is 3.59. The normalized spacial score (nSPS) is 12.6. The molecule has 1 aromatic heterocycles. The van der Waals surface area contributed by atoms with Gasteiger partial charge in [-0.1, -0.05) is 42.3 Å². The Bertz CT molecular complexity index is 590. The molecule has 0 radical (unpaired) electrons. The molecule has 0 aliphatic carbocycles. The molecule has 0 amide bonds. The van der Waals surface area contributed by atoms with E-state index in [1.165, 1.54) is 5.56 Å². The quantitative estimate of drug-likeness (QED) is 0.857. The third-order valence-corrected chi connectivity index (χ3v) is 4.32. The molecule has 1 unspecified atom stereocenters. The molecule has 1 N–H and O–H groups in total. The molecule has 0 saturated heterocycles. The number of nitrogens with zero attached hydrogens (tertiary/aromatic N) is 2. The summed E-state index contributed by atoms with van der Waals surface area (Å²) in [5, 5.41) is 9.43. The van der Waals surface area contributed by atoms with Crippen molar-refractivity contribution < 1.29 is 0 Å². The molecule has 1 atom stereocenters. The minimum absolute atomic E-state index is 0.211. The maximum atomic E-state index is 6.36. The minimum Gasteiger partial charge on any atom is -0.310 e. The summed E-state index contributed by atoms with van der Waals surface area (Å²) in [6, 6.07) is 8.19. The van der Waals surface area contributed by atoms with E-state index < -0.39 is 0 Å². The van der Waals surface area contributed by atoms with Crippen LogP contribution in [0.2, 0.25) is 10.2 Å². The first kappa shape index (κ1) is 16.3. The van der Waals surface area contributed by atoms with Crippen LogP contribution in [0.15, 0.2) is 24.3 Å². The van der Waals surface area contributed by atoms with Gasteiger partial charge in [-0.3, -0.25) is 4.68 Å². The topological polar surface area (TPSA) is 29.9 Å². The Morgan fingerprint density at radius 1 is 1.24 bits per heavy atom. The van der Waals surface area contributed by atoms with Crippen LogP contribution in [0.3, 0.4) is 0 Å². The average Bonchev–Trinajstić information content (AvgIpc) is 2.70. The van der Waals surface area contributed by atoms with Gasteiger partial charge in [0.05, 0.1) is 5.69 Å². The van der Waals surface area contributed by atoms with Crippen LogP contribution in [-0.2, 0) is 13.5 Å². The summed E-state index contributed by atoms with van der Waals surface area (Å²) < 4.78 is 1.73. The Hall–Kier alpha value is -1.03. The van der Waals surface area contributed by atoms with Gasteiger partial charge in [0.25, 0.3) is 0 Å². The molecule has 21 heavy (non-hydrogen) atoms. The minimum atomic E-state index is 0.211. The molecule has 2 aromatic rings. The zero-order chi connectivity index (χ0) is 15.4. The van der Waals surface area contributed by atoms with Crippen LogP contribution in [0.1, 0.15) is 36.2 Å². The maximum Gasteiger partial charge on any atom is 0.130 e. The van der Waals surface area contributed by atoms with Gasteiger partial charge in [-0.25, -0.2) is 0 Å². The van der Waals surface area contributed by atoms with Crippen LogP contribution < -0.4 is 5.32 Å². The highest BCUT2D eigenvalue weighted by Gasteiger charge is 2.18. The molecule has 0 aliphatic rings. The third kappa shape index (κ3) is 4.00. The molecule has 3 nitrogen and oxygen atoms in total. The second-order valence-electron chi connectivity index (χ2n) is 5.24. The van der Waals surface area contributed by atoms with Gasteiger partial charge in [-0.05, 0) is 44.0 Å². The van der Waals surface area contributed by atoms with E-state index >= 15 is 0 Å². The van der Waals surface area contributed by atoms with Gasteiger partial charge < -0.3 is 5.32 Å². The van der Waals surface area contributed by atoms with E-state index in [1.807, 2.05) is 26.1 Å². The Morgan fingerprint density at radius 3 is 2.43 bits per heavy atom. The van der Waals surface area contributed by atoms with E-state index in [0.717, 1.165) is 35.7 Å². The lowest BCUT2D eigenvalue weighted by molar-refractivity contribution is 0.528. The SMILES string of the molecule is CCCNC(Cc1c(C)nn(C)c1Cl)c1ccc(Cl)cc1. The number of hydrogen-bond acceptors (Lipinski definition) is 2. The molecule has 1 aromatic carbocycles. The predicted molar refractivity (Wildman–Crippen MR) is 89.1 cm³/mol. The summed E-state index contributed by atoms with van der Waals surface area (Å²) in [7, 11) is 1.87. The van der Waals surface area contributed by atoms with Crippen LogP contribution in [0.5, 0.6) is 0 Å². The van der Waals surface area contributed by atoms with Crippen molar-refractivity contribution in [3.8, 4) is 0 Å². The fraction of sp³-hybridized carbons (Fsp3) is 0.438. The number of aromatic nitrogens is 2. The Morgan fingerprint density at radius 2 is 1.90 bits per heavy atom. The highest BCUT2D eigenvalue weighted by atomic mass is 35.5. The average molecular weight is 326 g/mol. The van der Waals surface area contributed by atoms with Crippen LogP contribution >= 0.6 is 23.2 Å². The highest BCUT2D eigenvalue weighted by Crippen LogP contribution is 2.26. The summed E-state index contributed by atoms with van der Waals surface area (Å²) in [4.78, 5) is 0. The summed E-state index contributed by atoms with van der Waals surface area (Å²) >= 11 is 12.3. The smallest absolute Gasteiger partial charge is 0.130 e. The molecular weight excluding hydrogens is 305 g/mol. The van der Waals surface area contributed by atoms with Crippen LogP contribution in [0, 0.1) is 6.92 Å². The Kier molecular flexibility index (Phi) is 5.68. The number of nitrogens with one attached hydrogen (secondary N) is 1. The van der Waals surface area contributed by atoms with Gasteiger partial charge in [-0.15, -0.1) is 0 Å². The molecule has 5 heteroatoms. The first-order valence-corrected chi connectivity index (χ1v) is 7.95. The fourth-order valence-corrected chi connectivity index (χ4v) is 2.81. The second-order valence-corrected chi connectivity index (χ2v) is 6.04. The van der Waals surface area contributed by atoms with Gasteiger partial charge in [0, 0.05) is 23.7 Å². The van der Waals surface area contributed by atoms with Crippen molar-refractivity contribution in [3.05, 3.63) is 51.3 Å². The number of aryl methyl sites for hydroxylation is 2. The lowest BCUT2D eigenvalue weighted by Gasteiger charge is -2.19.